The van der Waals surface area contributed by atoms with E-state index in [0.29, 0.717) is 6.42 Å². The third-order valence-electron chi connectivity index (χ3n) is 2.25. The molecule has 6 heteroatoms. The van der Waals surface area contributed by atoms with Crippen molar-refractivity contribution in [3.63, 3.8) is 0 Å². The smallest absolute Gasteiger partial charge is 0.352 e. The maximum absolute atomic E-state index is 11.1. The number of rotatable bonds is 1. The Morgan fingerprint density at radius 1 is 1.64 bits per heavy atom. The number of nitrogens with zero attached hydrogens (tertiary/aromatic N) is 1. The molecule has 3 N–H and O–H groups in total. The molecule has 0 spiro atoms. The monoisotopic (exact) mass is 217 g/mol. The number of β-lactam (4-membered cyclic amide) rings is 1. The van der Waals surface area contributed by atoms with Crippen molar-refractivity contribution in [2.75, 3.05) is 5.75 Å². The first-order valence-electron chi connectivity index (χ1n) is 3.98. The topological polar surface area (TPSA) is 89.1 Å². The van der Waals surface area contributed by atoms with E-state index in [9.17, 15) is 9.59 Å². The first-order valence-corrected chi connectivity index (χ1v) is 5.03. The molecular weight excluding hydrogens is 206 g/mol. The van der Waals surface area contributed by atoms with Gasteiger partial charge in [0.15, 0.2) is 0 Å². The summed E-state index contributed by atoms with van der Waals surface area (Å²) >= 11 is 1.63. The van der Waals surface area contributed by atoms with Crippen LogP contribution < -0.4 is 0 Å². The molecular formula is C8H11NO4S. The quantitative estimate of drug-likeness (QED) is 0.617. The number of hydrogen-bond donors (Lipinski definition) is 1. The number of aliphatic carboxylic acids is 1. The predicted octanol–water partition coefficient (Wildman–Crippen LogP) is -0.175. The van der Waals surface area contributed by atoms with Crippen LogP contribution in [-0.4, -0.2) is 38.5 Å². The Hall–Kier alpha value is -1.01. The second-order valence-electron chi connectivity index (χ2n) is 3.17. The van der Waals surface area contributed by atoms with Gasteiger partial charge in [-0.1, -0.05) is 0 Å². The molecule has 0 unspecified atom stereocenters. The van der Waals surface area contributed by atoms with Crippen molar-refractivity contribution in [3.05, 3.63) is 11.3 Å². The van der Waals surface area contributed by atoms with Crippen LogP contribution in [0.25, 0.3) is 0 Å². The molecule has 78 valence electrons. The molecule has 2 heterocycles. The lowest BCUT2D eigenvalue weighted by Crippen LogP contribution is -2.53. The average molecular weight is 217 g/mol. The summed E-state index contributed by atoms with van der Waals surface area (Å²) in [7, 11) is 0. The summed E-state index contributed by atoms with van der Waals surface area (Å²) in [6, 6.07) is 0. The molecule has 2 aliphatic heterocycles. The SMILES string of the molecule is CC1=C(C(=O)O)N2C(=O)C[C@H]2SC1.O. The zero-order valence-corrected chi connectivity index (χ0v) is 8.43. The zero-order chi connectivity index (χ0) is 9.59. The number of carbonyl (C=O) groups is 2. The van der Waals surface area contributed by atoms with Gasteiger partial charge in [0.25, 0.3) is 0 Å². The van der Waals surface area contributed by atoms with Crippen LogP contribution in [-0.2, 0) is 9.59 Å². The van der Waals surface area contributed by atoms with Crippen LogP contribution in [0.5, 0.6) is 0 Å². The maximum Gasteiger partial charge on any atom is 0.352 e. The standard InChI is InChI=1S/C8H9NO3S.H2O/c1-4-3-13-6-2-5(10)9(6)7(4)8(11)12;/h6H,2-3H2,1H3,(H,11,12);1H2/t6-;/m1./s1. The Morgan fingerprint density at radius 2 is 2.29 bits per heavy atom. The van der Waals surface area contributed by atoms with Crippen molar-refractivity contribution in [2.45, 2.75) is 18.7 Å². The minimum absolute atomic E-state index is 0. The zero-order valence-electron chi connectivity index (χ0n) is 7.61. The van der Waals surface area contributed by atoms with Crippen molar-refractivity contribution in [3.8, 4) is 0 Å². The first kappa shape index (κ1) is 11.1. The Balaban J connectivity index is 0.000000980. The Bertz CT molecular complexity index is 325. The molecule has 0 aromatic rings. The van der Waals surface area contributed by atoms with Crippen LogP contribution in [0.4, 0.5) is 0 Å². The fourth-order valence-electron chi connectivity index (χ4n) is 1.57. The largest absolute Gasteiger partial charge is 0.477 e. The molecule has 1 saturated heterocycles. The van der Waals surface area contributed by atoms with Gasteiger partial charge in [0.05, 0.1) is 11.8 Å². The molecule has 0 bridgehead atoms. The van der Waals surface area contributed by atoms with E-state index in [1.165, 1.54) is 4.90 Å². The average Bonchev–Trinajstić information content (AvgIpc) is 2.05. The van der Waals surface area contributed by atoms with E-state index in [1.54, 1.807) is 18.7 Å². The van der Waals surface area contributed by atoms with Crippen LogP contribution >= 0.6 is 11.8 Å². The fourth-order valence-corrected chi connectivity index (χ4v) is 2.78. The molecule has 2 rings (SSSR count). The van der Waals surface area contributed by atoms with Crippen LogP contribution in [0.1, 0.15) is 13.3 Å². The minimum Gasteiger partial charge on any atom is -0.477 e. The van der Waals surface area contributed by atoms with Gasteiger partial charge in [0, 0.05) is 5.75 Å². The molecule has 0 radical (unpaired) electrons. The number of carbonyl (C=O) groups excluding carboxylic acids is 1. The van der Waals surface area contributed by atoms with E-state index < -0.39 is 5.97 Å². The van der Waals surface area contributed by atoms with E-state index in [0.717, 1.165) is 11.3 Å². The second-order valence-corrected chi connectivity index (χ2v) is 4.33. The highest BCUT2D eigenvalue weighted by molar-refractivity contribution is 8.00. The summed E-state index contributed by atoms with van der Waals surface area (Å²) in [4.78, 5) is 23.4. The molecule has 1 atom stereocenters. The van der Waals surface area contributed by atoms with Crippen molar-refractivity contribution in [2.24, 2.45) is 0 Å². The van der Waals surface area contributed by atoms with Crippen molar-refractivity contribution in [1.82, 2.24) is 4.90 Å². The molecule has 0 saturated carbocycles. The van der Waals surface area contributed by atoms with E-state index in [2.05, 4.69) is 0 Å². The van der Waals surface area contributed by atoms with Crippen LogP contribution in [0.2, 0.25) is 0 Å². The maximum atomic E-state index is 11.1. The van der Waals surface area contributed by atoms with Gasteiger partial charge in [-0.3, -0.25) is 9.69 Å². The fraction of sp³-hybridized carbons (Fsp3) is 0.500. The molecule has 14 heavy (non-hydrogen) atoms. The van der Waals surface area contributed by atoms with Gasteiger partial charge in [0.2, 0.25) is 5.91 Å². The van der Waals surface area contributed by atoms with Gasteiger partial charge in [-0.25, -0.2) is 4.79 Å². The van der Waals surface area contributed by atoms with E-state index in [-0.39, 0.29) is 22.5 Å². The van der Waals surface area contributed by atoms with Crippen LogP contribution in [0, 0.1) is 0 Å². The summed E-state index contributed by atoms with van der Waals surface area (Å²) in [6.45, 7) is 1.76. The summed E-state index contributed by atoms with van der Waals surface area (Å²) in [5.74, 6) is -0.347. The molecule has 1 amide bonds. The summed E-state index contributed by atoms with van der Waals surface area (Å²) < 4.78 is 0. The minimum atomic E-state index is -0.990. The number of fused-ring (bicyclic) bond motifs is 1. The van der Waals surface area contributed by atoms with Crippen molar-refractivity contribution in [1.29, 1.82) is 0 Å². The van der Waals surface area contributed by atoms with Gasteiger partial charge in [-0.05, 0) is 12.5 Å². The predicted molar refractivity (Wildman–Crippen MR) is 51.7 cm³/mol. The molecule has 0 aromatic carbocycles. The van der Waals surface area contributed by atoms with Gasteiger partial charge in [0.1, 0.15) is 5.70 Å². The second kappa shape index (κ2) is 3.62. The lowest BCUT2D eigenvalue weighted by Gasteiger charge is -2.43. The number of thioether (sulfide) groups is 1. The molecule has 0 aromatic heterocycles. The molecule has 1 fully saturated rings. The van der Waals surface area contributed by atoms with Gasteiger partial charge >= 0.3 is 5.97 Å². The highest BCUT2D eigenvalue weighted by Gasteiger charge is 2.44. The highest BCUT2D eigenvalue weighted by Crippen LogP contribution is 2.39. The number of hydrogen-bond acceptors (Lipinski definition) is 3. The summed E-state index contributed by atoms with van der Waals surface area (Å²) in [6.07, 6.45) is 0.481. The first-order chi connectivity index (χ1) is 6.11. The van der Waals surface area contributed by atoms with Crippen molar-refractivity contribution >= 4 is 23.6 Å². The van der Waals surface area contributed by atoms with Gasteiger partial charge < -0.3 is 10.6 Å². The van der Waals surface area contributed by atoms with E-state index in [4.69, 9.17) is 5.11 Å². The number of carboxylic acid groups (broad SMARTS) is 1. The third kappa shape index (κ3) is 1.40. The van der Waals surface area contributed by atoms with E-state index >= 15 is 0 Å². The molecule has 0 aliphatic carbocycles. The van der Waals surface area contributed by atoms with Crippen LogP contribution in [0.15, 0.2) is 11.3 Å². The summed E-state index contributed by atoms with van der Waals surface area (Å²) in [5.41, 5.74) is 0.974. The van der Waals surface area contributed by atoms with Crippen LogP contribution in [0.3, 0.4) is 0 Å². The normalized spacial score (nSPS) is 25.1. The molecule has 5 nitrogen and oxygen atoms in total. The Morgan fingerprint density at radius 3 is 2.71 bits per heavy atom. The third-order valence-corrected chi connectivity index (χ3v) is 3.61. The van der Waals surface area contributed by atoms with Crippen molar-refractivity contribution < 1.29 is 20.2 Å². The Labute approximate surface area is 85.1 Å². The number of carboxylic acids is 1. The summed E-state index contributed by atoms with van der Waals surface area (Å²) in [5, 5.41) is 8.96. The van der Waals surface area contributed by atoms with Gasteiger partial charge in [-0.2, -0.15) is 0 Å². The Kier molecular flexibility index (Phi) is 2.86. The molecule has 2 aliphatic rings. The number of amides is 1. The van der Waals surface area contributed by atoms with E-state index in [1.807, 2.05) is 0 Å². The lowest BCUT2D eigenvalue weighted by atomic mass is 10.1. The lowest BCUT2D eigenvalue weighted by molar-refractivity contribution is -0.146. The van der Waals surface area contributed by atoms with Gasteiger partial charge in [-0.15, -0.1) is 11.8 Å². The highest BCUT2D eigenvalue weighted by atomic mass is 32.2.